The first-order valence-electron chi connectivity index (χ1n) is 8.94. The van der Waals surface area contributed by atoms with E-state index in [9.17, 15) is 14.9 Å². The van der Waals surface area contributed by atoms with Crippen LogP contribution in [0.2, 0.25) is 0 Å². The SMILES string of the molecule is CC1CCCCN1CCCCNC(=O)COc1ccc([N+](=O)[O-])cc1. The van der Waals surface area contributed by atoms with E-state index in [2.05, 4.69) is 17.1 Å². The van der Waals surface area contributed by atoms with Crippen LogP contribution in [-0.2, 0) is 4.79 Å². The van der Waals surface area contributed by atoms with Gasteiger partial charge in [0, 0.05) is 24.7 Å². The minimum Gasteiger partial charge on any atom is -0.484 e. The van der Waals surface area contributed by atoms with Crippen molar-refractivity contribution in [3.8, 4) is 5.75 Å². The molecule has 0 aliphatic carbocycles. The number of nitrogens with zero attached hydrogens (tertiary/aromatic N) is 2. The van der Waals surface area contributed by atoms with Gasteiger partial charge in [0.1, 0.15) is 5.75 Å². The van der Waals surface area contributed by atoms with Crippen LogP contribution in [0.1, 0.15) is 39.0 Å². The van der Waals surface area contributed by atoms with Crippen molar-refractivity contribution >= 4 is 11.6 Å². The summed E-state index contributed by atoms with van der Waals surface area (Å²) in [5.74, 6) is 0.268. The number of benzene rings is 1. The highest BCUT2D eigenvalue weighted by Gasteiger charge is 2.17. The zero-order valence-electron chi connectivity index (χ0n) is 14.8. The van der Waals surface area contributed by atoms with E-state index < -0.39 is 4.92 Å². The lowest BCUT2D eigenvalue weighted by molar-refractivity contribution is -0.384. The summed E-state index contributed by atoms with van der Waals surface area (Å²) in [4.78, 5) is 24.4. The molecule has 1 atom stereocenters. The maximum absolute atomic E-state index is 11.8. The summed E-state index contributed by atoms with van der Waals surface area (Å²) < 4.78 is 5.33. The van der Waals surface area contributed by atoms with E-state index >= 15 is 0 Å². The van der Waals surface area contributed by atoms with Crippen molar-refractivity contribution in [2.24, 2.45) is 0 Å². The lowest BCUT2D eigenvalue weighted by Gasteiger charge is -2.33. The topological polar surface area (TPSA) is 84.7 Å². The second kappa shape index (κ2) is 9.98. The van der Waals surface area contributed by atoms with E-state index in [4.69, 9.17) is 4.74 Å². The molecule has 138 valence electrons. The quantitative estimate of drug-likeness (QED) is 0.421. The first-order valence-corrected chi connectivity index (χ1v) is 8.94. The van der Waals surface area contributed by atoms with Crippen molar-refractivity contribution in [1.82, 2.24) is 10.2 Å². The van der Waals surface area contributed by atoms with Crippen molar-refractivity contribution in [1.29, 1.82) is 0 Å². The van der Waals surface area contributed by atoms with Gasteiger partial charge in [0.05, 0.1) is 4.92 Å². The number of nitro benzene ring substituents is 1. The Morgan fingerprint density at radius 3 is 2.76 bits per heavy atom. The van der Waals surface area contributed by atoms with Gasteiger partial charge in [-0.15, -0.1) is 0 Å². The molecule has 0 aromatic heterocycles. The van der Waals surface area contributed by atoms with Gasteiger partial charge in [-0.25, -0.2) is 0 Å². The van der Waals surface area contributed by atoms with Gasteiger partial charge in [0.15, 0.2) is 6.61 Å². The Morgan fingerprint density at radius 2 is 2.08 bits per heavy atom. The normalized spacial score (nSPS) is 17.9. The number of nitrogens with one attached hydrogen (secondary N) is 1. The Labute approximate surface area is 148 Å². The van der Waals surface area contributed by atoms with E-state index in [-0.39, 0.29) is 18.2 Å². The molecule has 1 heterocycles. The second-order valence-corrected chi connectivity index (χ2v) is 6.48. The number of piperidine rings is 1. The summed E-state index contributed by atoms with van der Waals surface area (Å²) in [7, 11) is 0. The summed E-state index contributed by atoms with van der Waals surface area (Å²) >= 11 is 0. The third-order valence-electron chi connectivity index (χ3n) is 4.55. The number of carbonyl (C=O) groups excluding carboxylic acids is 1. The van der Waals surface area contributed by atoms with Crippen LogP contribution in [0.15, 0.2) is 24.3 Å². The summed E-state index contributed by atoms with van der Waals surface area (Å²) in [6, 6.07) is 6.37. The van der Waals surface area contributed by atoms with Crippen LogP contribution in [0, 0.1) is 10.1 Å². The molecule has 1 amide bonds. The Balaban J connectivity index is 1.55. The predicted octanol–water partition coefficient (Wildman–Crippen LogP) is 2.74. The third kappa shape index (κ3) is 6.70. The molecule has 0 spiro atoms. The van der Waals surface area contributed by atoms with Crippen LogP contribution in [0.25, 0.3) is 0 Å². The molecule has 7 heteroatoms. The number of rotatable bonds is 9. The highest BCUT2D eigenvalue weighted by atomic mass is 16.6. The van der Waals surface area contributed by atoms with Crippen molar-refractivity contribution in [2.45, 2.75) is 45.1 Å². The van der Waals surface area contributed by atoms with Crippen LogP contribution in [0.5, 0.6) is 5.75 Å². The highest BCUT2D eigenvalue weighted by molar-refractivity contribution is 5.77. The number of hydrogen-bond donors (Lipinski definition) is 1. The number of unbranched alkanes of at least 4 members (excludes halogenated alkanes) is 1. The minimum atomic E-state index is -0.471. The maximum Gasteiger partial charge on any atom is 0.269 e. The Morgan fingerprint density at radius 1 is 1.32 bits per heavy atom. The lowest BCUT2D eigenvalue weighted by atomic mass is 10.0. The van der Waals surface area contributed by atoms with Crippen LogP contribution in [0.3, 0.4) is 0 Å². The number of carbonyl (C=O) groups is 1. The molecule has 0 saturated carbocycles. The number of likely N-dealkylation sites (tertiary alicyclic amines) is 1. The fourth-order valence-corrected chi connectivity index (χ4v) is 3.02. The zero-order valence-corrected chi connectivity index (χ0v) is 14.8. The van der Waals surface area contributed by atoms with Gasteiger partial charge in [-0.1, -0.05) is 6.42 Å². The van der Waals surface area contributed by atoms with Crippen LogP contribution in [-0.4, -0.2) is 48.0 Å². The Kier molecular flexibility index (Phi) is 7.66. The van der Waals surface area contributed by atoms with E-state index in [1.807, 2.05) is 0 Å². The fraction of sp³-hybridized carbons (Fsp3) is 0.611. The fourth-order valence-electron chi connectivity index (χ4n) is 3.02. The van der Waals surface area contributed by atoms with Crippen LogP contribution < -0.4 is 10.1 Å². The largest absolute Gasteiger partial charge is 0.484 e. The van der Waals surface area contributed by atoms with E-state index in [1.54, 1.807) is 0 Å². The van der Waals surface area contributed by atoms with Crippen LogP contribution >= 0.6 is 0 Å². The molecule has 1 saturated heterocycles. The smallest absolute Gasteiger partial charge is 0.269 e. The first kappa shape index (κ1) is 19.2. The summed E-state index contributed by atoms with van der Waals surface area (Å²) in [5.41, 5.74) is -0.000162. The number of ether oxygens (including phenoxy) is 1. The maximum atomic E-state index is 11.8. The van der Waals surface area contributed by atoms with Gasteiger partial charge in [0.25, 0.3) is 11.6 Å². The molecule has 7 nitrogen and oxygen atoms in total. The van der Waals surface area contributed by atoms with Crippen molar-refractivity contribution in [3.63, 3.8) is 0 Å². The Bertz CT molecular complexity index is 562. The molecule has 1 aliphatic rings. The second-order valence-electron chi connectivity index (χ2n) is 6.48. The Hall–Kier alpha value is -2.15. The molecule has 1 aliphatic heterocycles. The molecule has 0 radical (unpaired) electrons. The zero-order chi connectivity index (χ0) is 18.1. The average Bonchev–Trinajstić information content (AvgIpc) is 2.61. The van der Waals surface area contributed by atoms with Gasteiger partial charge < -0.3 is 15.0 Å². The number of non-ortho nitro benzene ring substituents is 1. The highest BCUT2D eigenvalue weighted by Crippen LogP contribution is 2.17. The third-order valence-corrected chi connectivity index (χ3v) is 4.55. The van der Waals surface area contributed by atoms with E-state index in [0.717, 1.165) is 19.4 Å². The molecule has 1 aromatic rings. The molecular formula is C18H27N3O4. The molecule has 1 N–H and O–H groups in total. The van der Waals surface area contributed by atoms with Crippen LogP contribution in [0.4, 0.5) is 5.69 Å². The summed E-state index contributed by atoms with van der Waals surface area (Å²) in [6.07, 6.45) is 5.95. The molecule has 1 aromatic carbocycles. The number of amides is 1. The van der Waals surface area contributed by atoms with E-state index in [1.165, 1.54) is 50.1 Å². The molecule has 1 fully saturated rings. The van der Waals surface area contributed by atoms with Gasteiger partial charge in [-0.05, 0) is 57.8 Å². The standard InChI is InChI=1S/C18H27N3O4/c1-15-6-2-4-12-20(15)13-5-3-11-19-18(22)14-25-17-9-7-16(8-10-17)21(23)24/h7-10,15H,2-6,11-14H2,1H3,(H,19,22). The van der Waals surface area contributed by atoms with Gasteiger partial charge in [0.2, 0.25) is 0 Å². The van der Waals surface area contributed by atoms with Gasteiger partial charge in [-0.2, -0.15) is 0 Å². The number of nitro groups is 1. The van der Waals surface area contributed by atoms with Gasteiger partial charge in [-0.3, -0.25) is 14.9 Å². The molecular weight excluding hydrogens is 322 g/mol. The first-order chi connectivity index (χ1) is 12.1. The minimum absolute atomic E-state index is 0.000162. The van der Waals surface area contributed by atoms with Crippen molar-refractivity contribution in [3.05, 3.63) is 34.4 Å². The average molecular weight is 349 g/mol. The molecule has 1 unspecified atom stereocenters. The van der Waals surface area contributed by atoms with E-state index in [0.29, 0.717) is 18.3 Å². The van der Waals surface area contributed by atoms with Crippen molar-refractivity contribution < 1.29 is 14.5 Å². The summed E-state index contributed by atoms with van der Waals surface area (Å²) in [5, 5.41) is 13.4. The molecule has 25 heavy (non-hydrogen) atoms. The van der Waals surface area contributed by atoms with Crippen molar-refractivity contribution in [2.75, 3.05) is 26.2 Å². The van der Waals surface area contributed by atoms with Gasteiger partial charge >= 0.3 is 0 Å². The predicted molar refractivity (Wildman–Crippen MR) is 95.7 cm³/mol. The number of hydrogen-bond acceptors (Lipinski definition) is 5. The lowest BCUT2D eigenvalue weighted by Crippen LogP contribution is -2.38. The monoisotopic (exact) mass is 349 g/mol. The molecule has 0 bridgehead atoms. The molecule has 2 rings (SSSR count). The summed E-state index contributed by atoms with van der Waals surface area (Å²) in [6.45, 7) is 5.13.